The van der Waals surface area contributed by atoms with Gasteiger partial charge >= 0.3 is 0 Å². The number of benzene rings is 1. The van der Waals surface area contributed by atoms with Crippen molar-refractivity contribution in [3.05, 3.63) is 29.8 Å². The van der Waals surface area contributed by atoms with Gasteiger partial charge in [0.2, 0.25) is 0 Å². The lowest BCUT2D eigenvalue weighted by atomic mass is 9.78. The Labute approximate surface area is 109 Å². The molecule has 0 bridgehead atoms. The van der Waals surface area contributed by atoms with E-state index in [1.54, 1.807) is 0 Å². The van der Waals surface area contributed by atoms with Crippen molar-refractivity contribution in [3.63, 3.8) is 0 Å². The summed E-state index contributed by atoms with van der Waals surface area (Å²) >= 11 is 0. The van der Waals surface area contributed by atoms with E-state index in [9.17, 15) is 0 Å². The monoisotopic (exact) mass is 243 g/mol. The minimum absolute atomic E-state index is 0.201. The highest BCUT2D eigenvalue weighted by atomic mass is 15.2. The molecule has 3 rings (SSSR count). The van der Waals surface area contributed by atoms with E-state index in [0.717, 1.165) is 19.6 Å². The largest absolute Gasteiger partial charge is 0.331 e. The SMILES string of the molecule is NCC1(c2ccccc2N2C=NCC2)CCCC1. The molecule has 2 aliphatic rings. The molecule has 1 saturated carbocycles. The van der Waals surface area contributed by atoms with Gasteiger partial charge in [-0.25, -0.2) is 0 Å². The zero-order chi connectivity index (χ0) is 12.4. The minimum Gasteiger partial charge on any atom is -0.331 e. The van der Waals surface area contributed by atoms with Gasteiger partial charge in [-0.05, 0) is 24.5 Å². The van der Waals surface area contributed by atoms with Crippen LogP contribution in [0.2, 0.25) is 0 Å². The number of para-hydroxylation sites is 1. The Bertz CT molecular complexity index is 447. The average molecular weight is 243 g/mol. The zero-order valence-electron chi connectivity index (χ0n) is 10.8. The van der Waals surface area contributed by atoms with Crippen LogP contribution in [-0.4, -0.2) is 26.0 Å². The van der Waals surface area contributed by atoms with E-state index < -0.39 is 0 Å². The maximum atomic E-state index is 6.12. The highest BCUT2D eigenvalue weighted by Gasteiger charge is 2.36. The lowest BCUT2D eigenvalue weighted by molar-refractivity contribution is 0.453. The van der Waals surface area contributed by atoms with Crippen molar-refractivity contribution in [1.29, 1.82) is 0 Å². The minimum atomic E-state index is 0.201. The fraction of sp³-hybridized carbons (Fsp3) is 0.533. The number of aliphatic imine (C=N–C) groups is 1. The first-order valence-corrected chi connectivity index (χ1v) is 6.92. The summed E-state index contributed by atoms with van der Waals surface area (Å²) in [5.41, 5.74) is 9.06. The van der Waals surface area contributed by atoms with Gasteiger partial charge in [0.25, 0.3) is 0 Å². The van der Waals surface area contributed by atoms with E-state index in [0.29, 0.717) is 0 Å². The van der Waals surface area contributed by atoms with Gasteiger partial charge < -0.3 is 10.6 Å². The van der Waals surface area contributed by atoms with E-state index in [1.807, 2.05) is 6.34 Å². The topological polar surface area (TPSA) is 41.6 Å². The van der Waals surface area contributed by atoms with Gasteiger partial charge in [-0.1, -0.05) is 31.0 Å². The molecule has 18 heavy (non-hydrogen) atoms. The number of nitrogens with zero attached hydrogens (tertiary/aromatic N) is 2. The molecule has 0 aromatic heterocycles. The molecule has 1 aliphatic carbocycles. The molecule has 0 atom stereocenters. The molecule has 0 saturated heterocycles. The molecule has 1 heterocycles. The molecule has 2 N–H and O–H groups in total. The Morgan fingerprint density at radius 3 is 2.67 bits per heavy atom. The van der Waals surface area contributed by atoms with Crippen LogP contribution in [0.25, 0.3) is 0 Å². The maximum Gasteiger partial charge on any atom is 0.0895 e. The van der Waals surface area contributed by atoms with Gasteiger partial charge in [-0.3, -0.25) is 4.99 Å². The highest BCUT2D eigenvalue weighted by molar-refractivity contribution is 5.83. The van der Waals surface area contributed by atoms with Crippen molar-refractivity contribution in [2.75, 3.05) is 24.5 Å². The van der Waals surface area contributed by atoms with Gasteiger partial charge in [0.1, 0.15) is 0 Å². The molecule has 3 heteroatoms. The standard InChI is InChI=1S/C15H21N3/c16-11-15(7-3-4-8-15)13-5-1-2-6-14(13)18-10-9-17-12-18/h1-2,5-6,12H,3-4,7-11,16H2. The second-order valence-electron chi connectivity index (χ2n) is 5.42. The summed E-state index contributed by atoms with van der Waals surface area (Å²) in [6.07, 6.45) is 7.04. The summed E-state index contributed by atoms with van der Waals surface area (Å²) in [4.78, 5) is 6.60. The van der Waals surface area contributed by atoms with Crippen molar-refractivity contribution < 1.29 is 0 Å². The van der Waals surface area contributed by atoms with Gasteiger partial charge in [-0.15, -0.1) is 0 Å². The quantitative estimate of drug-likeness (QED) is 0.885. The van der Waals surface area contributed by atoms with Gasteiger partial charge in [0, 0.05) is 24.2 Å². The van der Waals surface area contributed by atoms with Crippen LogP contribution in [0.5, 0.6) is 0 Å². The summed E-state index contributed by atoms with van der Waals surface area (Å²) < 4.78 is 0. The lowest BCUT2D eigenvalue weighted by Crippen LogP contribution is -2.34. The second-order valence-corrected chi connectivity index (χ2v) is 5.42. The van der Waals surface area contributed by atoms with Gasteiger partial charge in [-0.2, -0.15) is 0 Å². The fourth-order valence-electron chi connectivity index (χ4n) is 3.37. The Morgan fingerprint density at radius 2 is 2.00 bits per heavy atom. The molecular weight excluding hydrogens is 222 g/mol. The molecule has 0 unspecified atom stereocenters. The Morgan fingerprint density at radius 1 is 1.22 bits per heavy atom. The van der Waals surface area contributed by atoms with Crippen LogP contribution in [0.15, 0.2) is 29.3 Å². The predicted molar refractivity (Wildman–Crippen MR) is 76.3 cm³/mol. The van der Waals surface area contributed by atoms with Crippen molar-refractivity contribution in [3.8, 4) is 0 Å². The first-order chi connectivity index (χ1) is 8.86. The maximum absolute atomic E-state index is 6.12. The first-order valence-electron chi connectivity index (χ1n) is 6.92. The van der Waals surface area contributed by atoms with Crippen molar-refractivity contribution >= 4 is 12.0 Å². The summed E-state index contributed by atoms with van der Waals surface area (Å²) in [7, 11) is 0. The van der Waals surface area contributed by atoms with Crippen LogP contribution in [0.4, 0.5) is 5.69 Å². The third kappa shape index (κ3) is 1.83. The summed E-state index contributed by atoms with van der Waals surface area (Å²) in [6, 6.07) is 8.73. The molecule has 1 fully saturated rings. The summed E-state index contributed by atoms with van der Waals surface area (Å²) in [5, 5.41) is 0. The summed E-state index contributed by atoms with van der Waals surface area (Å²) in [5.74, 6) is 0. The molecular formula is C15H21N3. The van der Waals surface area contributed by atoms with E-state index in [2.05, 4.69) is 34.2 Å². The summed E-state index contributed by atoms with van der Waals surface area (Å²) in [6.45, 7) is 2.66. The van der Waals surface area contributed by atoms with Crippen LogP contribution in [0.1, 0.15) is 31.2 Å². The van der Waals surface area contributed by atoms with Crippen LogP contribution in [-0.2, 0) is 5.41 Å². The normalized spacial score (nSPS) is 21.7. The predicted octanol–water partition coefficient (Wildman–Crippen LogP) is 2.31. The molecule has 3 nitrogen and oxygen atoms in total. The molecule has 0 amide bonds. The third-order valence-electron chi connectivity index (χ3n) is 4.43. The lowest BCUT2D eigenvalue weighted by Gasteiger charge is -2.32. The number of hydrogen-bond donors (Lipinski definition) is 1. The van der Waals surface area contributed by atoms with Crippen LogP contribution < -0.4 is 10.6 Å². The van der Waals surface area contributed by atoms with Gasteiger partial charge in [0.05, 0.1) is 12.9 Å². The Hall–Kier alpha value is -1.35. The number of rotatable bonds is 3. The molecule has 1 aliphatic heterocycles. The smallest absolute Gasteiger partial charge is 0.0895 e. The fourth-order valence-corrected chi connectivity index (χ4v) is 3.37. The molecule has 96 valence electrons. The molecule has 1 aromatic rings. The number of nitrogens with two attached hydrogens (primary N) is 1. The number of anilines is 1. The van der Waals surface area contributed by atoms with Crippen molar-refractivity contribution in [2.45, 2.75) is 31.1 Å². The molecule has 0 spiro atoms. The van der Waals surface area contributed by atoms with E-state index in [4.69, 9.17) is 5.73 Å². The van der Waals surface area contributed by atoms with E-state index in [1.165, 1.54) is 36.9 Å². The van der Waals surface area contributed by atoms with E-state index >= 15 is 0 Å². The van der Waals surface area contributed by atoms with Crippen molar-refractivity contribution in [2.24, 2.45) is 10.7 Å². The van der Waals surface area contributed by atoms with Gasteiger partial charge in [0.15, 0.2) is 0 Å². The first kappa shape index (κ1) is 11.7. The van der Waals surface area contributed by atoms with Crippen molar-refractivity contribution in [1.82, 2.24) is 0 Å². The average Bonchev–Trinajstić information content (AvgIpc) is 3.11. The Kier molecular flexibility index (Phi) is 3.08. The molecule has 0 radical (unpaired) electrons. The number of hydrogen-bond acceptors (Lipinski definition) is 3. The zero-order valence-corrected chi connectivity index (χ0v) is 10.8. The third-order valence-corrected chi connectivity index (χ3v) is 4.43. The molecule has 1 aromatic carbocycles. The van der Waals surface area contributed by atoms with Crippen LogP contribution >= 0.6 is 0 Å². The second kappa shape index (κ2) is 4.73. The van der Waals surface area contributed by atoms with Crippen LogP contribution in [0, 0.1) is 0 Å². The Balaban J connectivity index is 2.02. The highest BCUT2D eigenvalue weighted by Crippen LogP contribution is 2.44. The van der Waals surface area contributed by atoms with E-state index in [-0.39, 0.29) is 5.41 Å². The van der Waals surface area contributed by atoms with Crippen LogP contribution in [0.3, 0.4) is 0 Å².